The molecule has 0 saturated heterocycles. The third kappa shape index (κ3) is 7.18. The molecule has 2 aromatic carbocycles. The van der Waals surface area contributed by atoms with Gasteiger partial charge in [0.2, 0.25) is 0 Å². The third-order valence-corrected chi connectivity index (χ3v) is 5.18. The van der Waals surface area contributed by atoms with Gasteiger partial charge in [0.05, 0.1) is 12.0 Å². The van der Waals surface area contributed by atoms with Gasteiger partial charge < -0.3 is 10.2 Å². The molecule has 0 aromatic heterocycles. The van der Waals surface area contributed by atoms with E-state index in [1.807, 2.05) is 18.2 Å². The largest absolute Gasteiger partial charge is 0.481 e. The maximum Gasteiger partial charge on any atom is 0.309 e. The van der Waals surface area contributed by atoms with Crippen molar-refractivity contribution in [1.29, 1.82) is 0 Å². The van der Waals surface area contributed by atoms with Crippen LogP contribution in [0.3, 0.4) is 0 Å². The molecule has 0 aliphatic carbocycles. The summed E-state index contributed by atoms with van der Waals surface area (Å²) in [6, 6.07) is 18.7. The van der Waals surface area contributed by atoms with Crippen LogP contribution in [0.15, 0.2) is 54.6 Å². The second-order valence-corrected chi connectivity index (χ2v) is 7.32. The van der Waals surface area contributed by atoms with Crippen LogP contribution in [0.4, 0.5) is 0 Å². The van der Waals surface area contributed by atoms with Crippen molar-refractivity contribution >= 4 is 5.97 Å². The highest BCUT2D eigenvalue weighted by Crippen LogP contribution is 2.22. The fraction of sp³-hybridized carbons (Fsp3) is 0.458. The van der Waals surface area contributed by atoms with Gasteiger partial charge in [0.1, 0.15) is 0 Å². The Hall–Kier alpha value is -2.13. The fourth-order valence-electron chi connectivity index (χ4n) is 3.48. The first-order valence-electron chi connectivity index (χ1n) is 10.2. The molecule has 0 fully saturated rings. The van der Waals surface area contributed by atoms with E-state index in [4.69, 9.17) is 0 Å². The second-order valence-electron chi connectivity index (χ2n) is 7.32. The van der Waals surface area contributed by atoms with Gasteiger partial charge in [-0.25, -0.2) is 0 Å². The van der Waals surface area contributed by atoms with Crippen LogP contribution < -0.4 is 0 Å². The minimum absolute atomic E-state index is 0.519. The number of unbranched alkanes of at least 4 members (excludes halogenated alkanes) is 3. The summed E-state index contributed by atoms with van der Waals surface area (Å²) >= 11 is 0. The van der Waals surface area contributed by atoms with E-state index in [2.05, 4.69) is 43.3 Å². The van der Waals surface area contributed by atoms with Crippen LogP contribution in [0.5, 0.6) is 0 Å². The predicted molar refractivity (Wildman–Crippen MR) is 111 cm³/mol. The first-order chi connectivity index (χ1) is 13.1. The zero-order valence-electron chi connectivity index (χ0n) is 16.3. The molecule has 2 unspecified atom stereocenters. The number of hydrogen-bond acceptors (Lipinski definition) is 2. The van der Waals surface area contributed by atoms with Gasteiger partial charge in [-0.1, -0.05) is 87.2 Å². The molecule has 2 rings (SSSR count). The molecule has 0 heterocycles. The summed E-state index contributed by atoms with van der Waals surface area (Å²) in [5.41, 5.74) is 3.59. The SMILES string of the molecule is CCCCCCC(O)C(CCCc1ccc(-c2ccccc2)cc1)C(=O)O. The Morgan fingerprint density at radius 3 is 2.15 bits per heavy atom. The van der Waals surface area contributed by atoms with Crippen molar-refractivity contribution in [3.8, 4) is 11.1 Å². The molecule has 2 atom stereocenters. The van der Waals surface area contributed by atoms with E-state index in [0.717, 1.165) is 38.5 Å². The average Bonchev–Trinajstić information content (AvgIpc) is 2.69. The second kappa shape index (κ2) is 11.6. The van der Waals surface area contributed by atoms with Crippen molar-refractivity contribution in [2.45, 2.75) is 64.4 Å². The van der Waals surface area contributed by atoms with Crippen molar-refractivity contribution < 1.29 is 15.0 Å². The van der Waals surface area contributed by atoms with Crippen molar-refractivity contribution in [3.63, 3.8) is 0 Å². The van der Waals surface area contributed by atoms with Gasteiger partial charge in [-0.15, -0.1) is 0 Å². The zero-order valence-corrected chi connectivity index (χ0v) is 16.3. The van der Waals surface area contributed by atoms with Gasteiger partial charge in [-0.05, 0) is 42.4 Å². The number of aryl methyl sites for hydroxylation is 1. The number of rotatable bonds is 12. The van der Waals surface area contributed by atoms with E-state index in [1.165, 1.54) is 16.7 Å². The highest BCUT2D eigenvalue weighted by molar-refractivity contribution is 5.70. The lowest BCUT2D eigenvalue weighted by molar-refractivity contribution is -0.146. The number of carbonyl (C=O) groups is 1. The van der Waals surface area contributed by atoms with E-state index in [1.54, 1.807) is 0 Å². The van der Waals surface area contributed by atoms with Crippen LogP contribution in [0.1, 0.15) is 57.4 Å². The first-order valence-corrected chi connectivity index (χ1v) is 10.2. The highest BCUT2D eigenvalue weighted by Gasteiger charge is 2.25. The van der Waals surface area contributed by atoms with Crippen LogP contribution in [0.2, 0.25) is 0 Å². The van der Waals surface area contributed by atoms with E-state index >= 15 is 0 Å². The van der Waals surface area contributed by atoms with Gasteiger partial charge in [0, 0.05) is 0 Å². The third-order valence-electron chi connectivity index (χ3n) is 5.18. The highest BCUT2D eigenvalue weighted by atomic mass is 16.4. The van der Waals surface area contributed by atoms with E-state index in [0.29, 0.717) is 12.8 Å². The maximum atomic E-state index is 11.5. The molecule has 0 amide bonds. The fourth-order valence-corrected chi connectivity index (χ4v) is 3.48. The Balaban J connectivity index is 1.81. The van der Waals surface area contributed by atoms with Crippen LogP contribution in [0, 0.1) is 5.92 Å². The number of aliphatic hydroxyl groups excluding tert-OH is 1. The smallest absolute Gasteiger partial charge is 0.309 e. The number of hydrogen-bond donors (Lipinski definition) is 2. The Kier molecular flexibility index (Phi) is 9.06. The Bertz CT molecular complexity index is 664. The van der Waals surface area contributed by atoms with Crippen molar-refractivity contribution in [2.24, 2.45) is 5.92 Å². The van der Waals surface area contributed by atoms with Gasteiger partial charge in [0.15, 0.2) is 0 Å². The Morgan fingerprint density at radius 1 is 0.852 bits per heavy atom. The molecule has 0 aliphatic heterocycles. The standard InChI is InChI=1S/C24H32O3/c1-2-3-4-8-14-23(25)22(24(26)27)13-9-10-19-15-17-21(18-16-19)20-11-6-5-7-12-20/h5-7,11-12,15-18,22-23,25H,2-4,8-10,13-14H2,1H3,(H,26,27). The minimum Gasteiger partial charge on any atom is -0.481 e. The molecule has 3 heteroatoms. The van der Waals surface area contributed by atoms with E-state index in [-0.39, 0.29) is 0 Å². The summed E-state index contributed by atoms with van der Waals surface area (Å²) in [5.74, 6) is -1.53. The number of carboxylic acids is 1. The zero-order chi connectivity index (χ0) is 19.5. The molecule has 0 aliphatic rings. The van der Waals surface area contributed by atoms with Crippen molar-refractivity contribution in [1.82, 2.24) is 0 Å². The molecule has 0 bridgehead atoms. The number of benzene rings is 2. The average molecular weight is 369 g/mol. The first kappa shape index (κ1) is 21.2. The van der Waals surface area contributed by atoms with Gasteiger partial charge in [0.25, 0.3) is 0 Å². The molecular weight excluding hydrogens is 336 g/mol. The summed E-state index contributed by atoms with van der Waals surface area (Å²) in [4.78, 5) is 11.5. The lowest BCUT2D eigenvalue weighted by Crippen LogP contribution is -2.28. The normalized spacial score (nSPS) is 13.3. The molecule has 2 N–H and O–H groups in total. The number of aliphatic carboxylic acids is 1. The number of carboxylic acid groups (broad SMARTS) is 1. The van der Waals surface area contributed by atoms with Gasteiger partial charge in [-0.3, -0.25) is 4.79 Å². The lowest BCUT2D eigenvalue weighted by Gasteiger charge is -2.19. The van der Waals surface area contributed by atoms with Crippen LogP contribution in [0.25, 0.3) is 11.1 Å². The maximum absolute atomic E-state index is 11.5. The summed E-state index contributed by atoms with van der Waals surface area (Å²) in [6.07, 6.45) is 6.22. The summed E-state index contributed by atoms with van der Waals surface area (Å²) in [5, 5.41) is 19.7. The quantitative estimate of drug-likeness (QED) is 0.472. The molecule has 0 spiro atoms. The molecular formula is C24H32O3. The van der Waals surface area contributed by atoms with Gasteiger partial charge in [-0.2, -0.15) is 0 Å². The Labute approximate surface area is 163 Å². The van der Waals surface area contributed by atoms with E-state index in [9.17, 15) is 15.0 Å². The Morgan fingerprint density at radius 2 is 1.52 bits per heavy atom. The molecule has 146 valence electrons. The minimum atomic E-state index is -0.877. The van der Waals surface area contributed by atoms with E-state index < -0.39 is 18.0 Å². The lowest BCUT2D eigenvalue weighted by atomic mass is 9.91. The van der Waals surface area contributed by atoms with Gasteiger partial charge >= 0.3 is 5.97 Å². The monoisotopic (exact) mass is 368 g/mol. The summed E-state index contributed by atoms with van der Waals surface area (Å²) in [6.45, 7) is 2.14. The summed E-state index contributed by atoms with van der Waals surface area (Å²) in [7, 11) is 0. The topological polar surface area (TPSA) is 57.5 Å². The summed E-state index contributed by atoms with van der Waals surface area (Å²) < 4.78 is 0. The molecule has 0 saturated carbocycles. The van der Waals surface area contributed by atoms with Crippen molar-refractivity contribution in [2.75, 3.05) is 0 Å². The number of aliphatic hydroxyl groups is 1. The molecule has 0 radical (unpaired) electrons. The van der Waals surface area contributed by atoms with Crippen molar-refractivity contribution in [3.05, 3.63) is 60.2 Å². The molecule has 27 heavy (non-hydrogen) atoms. The van der Waals surface area contributed by atoms with Crippen LogP contribution in [-0.2, 0) is 11.2 Å². The molecule has 2 aromatic rings. The predicted octanol–water partition coefficient (Wildman–Crippen LogP) is 5.71. The van der Waals surface area contributed by atoms with Crippen LogP contribution >= 0.6 is 0 Å². The molecule has 3 nitrogen and oxygen atoms in total. The van der Waals surface area contributed by atoms with Crippen LogP contribution in [-0.4, -0.2) is 22.3 Å².